The van der Waals surface area contributed by atoms with Gasteiger partial charge in [0.2, 0.25) is 17.5 Å². The number of hydrogen-bond donors (Lipinski definition) is 0. The van der Waals surface area contributed by atoms with Crippen LogP contribution in [0.15, 0.2) is 97.1 Å². The molecule has 0 heterocycles. The maximum absolute atomic E-state index is 16.3. The summed E-state index contributed by atoms with van der Waals surface area (Å²) < 4.78 is 233. The minimum atomic E-state index is -2.87. The summed E-state index contributed by atoms with van der Waals surface area (Å²) in [7, 11) is 0. The predicted octanol–water partition coefficient (Wildman–Crippen LogP) is 13.5. The van der Waals surface area contributed by atoms with E-state index in [4.69, 9.17) is 0 Å². The van der Waals surface area contributed by atoms with Crippen molar-refractivity contribution in [2.45, 2.75) is 0 Å². The summed E-state index contributed by atoms with van der Waals surface area (Å²) in [5.74, 6) is -42.1. The first-order valence-electron chi connectivity index (χ1n) is 16.4. The lowest BCUT2D eigenvalue weighted by molar-refractivity contribution is 0.380. The highest BCUT2D eigenvalue weighted by Crippen LogP contribution is 2.55. The van der Waals surface area contributed by atoms with Gasteiger partial charge >= 0.3 is 0 Å². The Kier molecular flexibility index (Phi) is 10.3. The maximum atomic E-state index is 16.3. The van der Waals surface area contributed by atoms with E-state index in [1.807, 2.05) is 0 Å². The number of hydrogen-bond acceptors (Lipinski definition) is 0. The first kappa shape index (κ1) is 39.6. The lowest BCUT2D eigenvalue weighted by Crippen LogP contribution is -2.15. The molecule has 0 radical (unpaired) electrons. The lowest BCUT2D eigenvalue weighted by Gasteiger charge is -2.26. The lowest BCUT2D eigenvalue weighted by atomic mass is 9.74. The van der Waals surface area contributed by atoms with E-state index >= 15 is 52.7 Å². The van der Waals surface area contributed by atoms with Gasteiger partial charge < -0.3 is 0 Å². The zero-order valence-corrected chi connectivity index (χ0v) is 28.4. The Bertz CT molecular complexity index is 2640. The molecule has 0 bridgehead atoms. The van der Waals surface area contributed by atoms with Crippen LogP contribution in [0, 0.1) is 93.2 Å². The van der Waals surface area contributed by atoms with Gasteiger partial charge in [0.15, 0.2) is 69.8 Å². The molecule has 0 unspecified atom stereocenters. The Morgan fingerprint density at radius 3 is 0.879 bits per heavy atom. The Balaban J connectivity index is 1.92. The summed E-state index contributed by atoms with van der Waals surface area (Å²) in [6.45, 7) is 0. The smallest absolute Gasteiger partial charge is 0.200 e. The van der Waals surface area contributed by atoms with Crippen LogP contribution in [0.5, 0.6) is 0 Å². The Morgan fingerprint density at radius 1 is 0.259 bits per heavy atom. The molecule has 0 nitrogen and oxygen atoms in total. The summed E-state index contributed by atoms with van der Waals surface area (Å²) in [4.78, 5) is 0. The summed E-state index contributed by atoms with van der Waals surface area (Å²) in [5.41, 5.74) is -14.0. The molecule has 0 atom stereocenters. The van der Waals surface area contributed by atoms with E-state index < -0.39 is 132 Å². The van der Waals surface area contributed by atoms with Gasteiger partial charge in [-0.05, 0) is 60.2 Å². The van der Waals surface area contributed by atoms with E-state index in [2.05, 4.69) is 0 Å². The van der Waals surface area contributed by atoms with Gasteiger partial charge in [-0.2, -0.15) is 0 Å². The summed E-state index contributed by atoms with van der Waals surface area (Å²) in [6, 6.07) is 20.5. The van der Waals surface area contributed by atoms with Crippen molar-refractivity contribution in [2.75, 3.05) is 0 Å². The van der Waals surface area contributed by atoms with Crippen LogP contribution in [0.2, 0.25) is 0 Å². The standard InChI is InChI=1S/C43H16F15/c44-29-26(30(45)36(51)41(56)35(29)50)23-20(17-10-4-1-5-11-17)16-21(22(18-12-6-2-7-13-18)19-14-8-3-9-15-19)24(27-31(46)37(52)42(57)38(53)32(27)47)25(23)28-33(48)39(54)43(58)40(55)34(28)49/h1-16H/q+1. The average Bonchev–Trinajstić information content (AvgIpc) is 3.24. The fourth-order valence-corrected chi connectivity index (χ4v) is 6.66. The highest BCUT2D eigenvalue weighted by Gasteiger charge is 2.42. The second kappa shape index (κ2) is 15.0. The fraction of sp³-hybridized carbons (Fsp3) is 0. The van der Waals surface area contributed by atoms with E-state index in [0.717, 1.165) is 18.2 Å². The van der Waals surface area contributed by atoms with Gasteiger partial charge in [-0.3, -0.25) is 0 Å². The molecule has 0 saturated heterocycles. The van der Waals surface area contributed by atoms with Gasteiger partial charge in [0, 0.05) is 22.3 Å². The van der Waals surface area contributed by atoms with Crippen molar-refractivity contribution in [3.63, 3.8) is 0 Å². The molecular weight excluding hydrogens is 801 g/mol. The highest BCUT2D eigenvalue weighted by molar-refractivity contribution is 6.05. The summed E-state index contributed by atoms with van der Waals surface area (Å²) >= 11 is 0. The summed E-state index contributed by atoms with van der Waals surface area (Å²) in [6.07, 6.45) is 0. The van der Waals surface area contributed by atoms with Crippen LogP contribution in [0.1, 0.15) is 16.7 Å². The molecule has 7 rings (SSSR count). The zero-order chi connectivity index (χ0) is 41.9. The Labute approximate surface area is 317 Å². The molecule has 7 aromatic carbocycles. The molecule has 0 fully saturated rings. The first-order chi connectivity index (χ1) is 27.6. The van der Waals surface area contributed by atoms with Crippen LogP contribution in [0.25, 0.3) is 44.5 Å². The van der Waals surface area contributed by atoms with E-state index in [1.165, 1.54) is 78.9 Å². The van der Waals surface area contributed by atoms with Gasteiger partial charge in [-0.25, -0.2) is 65.9 Å². The van der Waals surface area contributed by atoms with Crippen molar-refractivity contribution in [1.29, 1.82) is 0 Å². The molecule has 58 heavy (non-hydrogen) atoms. The molecule has 0 amide bonds. The van der Waals surface area contributed by atoms with Crippen LogP contribution in [0.3, 0.4) is 0 Å². The minimum Gasteiger partial charge on any atom is -0.203 e. The number of rotatable bonds is 7. The normalized spacial score (nSPS) is 11.4. The molecule has 292 valence electrons. The van der Waals surface area contributed by atoms with E-state index in [1.54, 1.807) is 0 Å². The summed E-state index contributed by atoms with van der Waals surface area (Å²) in [5, 5.41) is 0. The molecule has 0 aliphatic carbocycles. The molecule has 0 aliphatic heterocycles. The maximum Gasteiger partial charge on any atom is 0.200 e. The van der Waals surface area contributed by atoms with Crippen molar-refractivity contribution in [3.05, 3.63) is 207 Å². The first-order valence-corrected chi connectivity index (χ1v) is 16.4. The monoisotopic (exact) mass is 817 g/mol. The van der Waals surface area contributed by atoms with E-state index in [9.17, 15) is 13.2 Å². The average molecular weight is 818 g/mol. The molecular formula is C43H16F15+. The van der Waals surface area contributed by atoms with E-state index in [-0.39, 0.29) is 22.6 Å². The molecule has 0 saturated carbocycles. The fourth-order valence-electron chi connectivity index (χ4n) is 6.66. The van der Waals surface area contributed by atoms with Gasteiger partial charge in [0.05, 0.1) is 39.3 Å². The van der Waals surface area contributed by atoms with Gasteiger partial charge in [-0.1, -0.05) is 42.5 Å². The quantitative estimate of drug-likeness (QED) is 0.0494. The topological polar surface area (TPSA) is 0 Å². The second-order valence-corrected chi connectivity index (χ2v) is 12.4. The van der Waals surface area contributed by atoms with Crippen molar-refractivity contribution >= 4 is 0 Å². The largest absolute Gasteiger partial charge is 0.203 e. The minimum absolute atomic E-state index is 0.00910. The number of halogens is 15. The molecule has 7 aromatic rings. The van der Waals surface area contributed by atoms with Crippen molar-refractivity contribution in [1.82, 2.24) is 0 Å². The van der Waals surface area contributed by atoms with Crippen LogP contribution >= 0.6 is 0 Å². The predicted molar refractivity (Wildman–Crippen MR) is 181 cm³/mol. The molecule has 0 spiro atoms. The van der Waals surface area contributed by atoms with Crippen LogP contribution in [-0.4, -0.2) is 0 Å². The van der Waals surface area contributed by atoms with E-state index in [0.29, 0.717) is 0 Å². The third-order valence-corrected chi connectivity index (χ3v) is 9.19. The Morgan fingerprint density at radius 2 is 0.534 bits per heavy atom. The molecule has 0 aromatic heterocycles. The van der Waals surface area contributed by atoms with Crippen molar-refractivity contribution in [2.24, 2.45) is 0 Å². The van der Waals surface area contributed by atoms with Crippen LogP contribution < -0.4 is 0 Å². The van der Waals surface area contributed by atoms with Gasteiger partial charge in [-0.15, -0.1) is 0 Å². The SMILES string of the molecule is Fc1c(F)c(F)c(-c2c(-c3ccccc3)cc([C+](c3ccccc3)c3ccccc3)c(-c3c(F)c(F)c(F)c(F)c3F)c2-c2c(F)c(F)c(F)c(F)c2F)c(F)c1F. The number of benzene rings is 7. The highest BCUT2D eigenvalue weighted by atomic mass is 19.2. The van der Waals surface area contributed by atoms with Crippen molar-refractivity contribution < 1.29 is 65.9 Å². The van der Waals surface area contributed by atoms with Gasteiger partial charge in [0.1, 0.15) is 0 Å². The molecule has 0 N–H and O–H groups in total. The van der Waals surface area contributed by atoms with Crippen LogP contribution in [0.4, 0.5) is 65.9 Å². The second-order valence-electron chi connectivity index (χ2n) is 12.4. The third-order valence-electron chi connectivity index (χ3n) is 9.19. The zero-order valence-electron chi connectivity index (χ0n) is 28.4. The van der Waals surface area contributed by atoms with Gasteiger partial charge in [0.25, 0.3) is 0 Å². The third kappa shape index (κ3) is 6.12. The molecule has 15 heteroatoms. The molecule has 0 aliphatic rings. The van der Waals surface area contributed by atoms with Crippen LogP contribution in [-0.2, 0) is 0 Å². The Hall–Kier alpha value is -6.64. The van der Waals surface area contributed by atoms with Crippen molar-refractivity contribution in [3.8, 4) is 44.5 Å².